The number of anilines is 3. The summed E-state index contributed by atoms with van der Waals surface area (Å²) < 4.78 is 9.05. The van der Waals surface area contributed by atoms with Crippen LogP contribution in [-0.2, 0) is 0 Å². The van der Waals surface area contributed by atoms with Crippen LogP contribution in [0.1, 0.15) is 0 Å². The van der Waals surface area contributed by atoms with E-state index in [1.165, 1.54) is 64.3 Å². The van der Waals surface area contributed by atoms with Gasteiger partial charge in [-0.1, -0.05) is 146 Å². The van der Waals surface area contributed by atoms with Crippen LogP contribution in [0.3, 0.4) is 0 Å². The van der Waals surface area contributed by atoms with Gasteiger partial charge in [-0.15, -0.1) is 11.3 Å². The monoisotopic (exact) mass is 719 g/mol. The van der Waals surface area contributed by atoms with Gasteiger partial charge in [-0.25, -0.2) is 0 Å². The molecule has 55 heavy (non-hydrogen) atoms. The minimum Gasteiger partial charge on any atom is -0.456 e. The van der Waals surface area contributed by atoms with Crippen molar-refractivity contribution in [3.63, 3.8) is 0 Å². The maximum Gasteiger partial charge on any atom is 0.137 e. The van der Waals surface area contributed by atoms with Gasteiger partial charge in [-0.2, -0.15) is 0 Å². The molecular weight excluding hydrogens is 687 g/mol. The van der Waals surface area contributed by atoms with Crippen LogP contribution in [0.2, 0.25) is 0 Å². The minimum absolute atomic E-state index is 0.868. The maximum atomic E-state index is 6.46. The fraction of sp³-hybridized carbons (Fsp3) is 0. The highest BCUT2D eigenvalue weighted by Crippen LogP contribution is 2.47. The van der Waals surface area contributed by atoms with Crippen molar-refractivity contribution in [3.05, 3.63) is 200 Å². The molecule has 11 aromatic rings. The Kier molecular flexibility index (Phi) is 7.39. The van der Waals surface area contributed by atoms with Crippen molar-refractivity contribution in [1.29, 1.82) is 0 Å². The van der Waals surface area contributed by atoms with Gasteiger partial charge in [-0.05, 0) is 87.1 Å². The van der Waals surface area contributed by atoms with E-state index in [0.29, 0.717) is 0 Å². The predicted octanol–water partition coefficient (Wildman–Crippen LogP) is 15.6. The highest BCUT2D eigenvalue weighted by Gasteiger charge is 2.21. The van der Waals surface area contributed by atoms with Crippen LogP contribution >= 0.6 is 11.3 Å². The molecule has 0 unspecified atom stereocenters. The smallest absolute Gasteiger partial charge is 0.137 e. The molecule has 9 aromatic carbocycles. The largest absolute Gasteiger partial charge is 0.456 e. The number of furan rings is 1. The summed E-state index contributed by atoms with van der Waals surface area (Å²) in [5.41, 5.74) is 12.2. The number of hydrogen-bond donors (Lipinski definition) is 0. The lowest BCUT2D eigenvalue weighted by molar-refractivity contribution is 0.669. The average molecular weight is 720 g/mol. The summed E-state index contributed by atoms with van der Waals surface area (Å²) in [6.45, 7) is 0. The van der Waals surface area contributed by atoms with Crippen LogP contribution in [0.15, 0.2) is 205 Å². The van der Waals surface area contributed by atoms with Crippen molar-refractivity contribution < 1.29 is 4.42 Å². The fourth-order valence-electron chi connectivity index (χ4n) is 8.40. The van der Waals surface area contributed by atoms with Crippen LogP contribution in [-0.4, -0.2) is 0 Å². The third kappa shape index (κ3) is 5.24. The molecule has 0 aliphatic heterocycles. The Balaban J connectivity index is 1.10. The molecule has 0 aliphatic rings. The molecule has 0 amide bonds. The quantitative estimate of drug-likeness (QED) is 0.170. The van der Waals surface area contributed by atoms with E-state index in [9.17, 15) is 0 Å². The highest BCUT2D eigenvalue weighted by atomic mass is 32.1. The van der Waals surface area contributed by atoms with Crippen molar-refractivity contribution in [2.45, 2.75) is 0 Å². The fourth-order valence-corrected chi connectivity index (χ4v) is 9.53. The van der Waals surface area contributed by atoms with Gasteiger partial charge in [-0.3, -0.25) is 0 Å². The number of fused-ring (bicyclic) bond motifs is 7. The van der Waals surface area contributed by atoms with Crippen LogP contribution in [0.4, 0.5) is 17.1 Å². The zero-order valence-electron chi connectivity index (χ0n) is 29.8. The lowest BCUT2D eigenvalue weighted by Crippen LogP contribution is -2.11. The Morgan fingerprint density at radius 1 is 0.364 bits per heavy atom. The predicted molar refractivity (Wildman–Crippen MR) is 235 cm³/mol. The molecule has 2 heterocycles. The van der Waals surface area contributed by atoms with Crippen molar-refractivity contribution in [2.24, 2.45) is 0 Å². The summed E-state index contributed by atoms with van der Waals surface area (Å²) in [6, 6.07) is 72.2. The number of nitrogens with zero attached hydrogens (tertiary/aromatic N) is 1. The third-order valence-corrected chi connectivity index (χ3v) is 12.0. The Morgan fingerprint density at radius 3 is 1.85 bits per heavy atom. The topological polar surface area (TPSA) is 16.4 Å². The van der Waals surface area contributed by atoms with Crippen molar-refractivity contribution in [2.75, 3.05) is 4.90 Å². The SMILES string of the molecule is c1ccc(-c2cccc3ccccc23)c(-c2ccc(N(c3ccc4c(c3)oc3ccccc34)c3ccccc3-c3cccc4sc5ccccc5c34)cc2)c1. The molecule has 0 saturated carbocycles. The first-order chi connectivity index (χ1) is 27.3. The van der Waals surface area contributed by atoms with Crippen LogP contribution in [0.25, 0.3) is 86.3 Å². The number of rotatable bonds is 6. The first-order valence-electron chi connectivity index (χ1n) is 18.7. The number of para-hydroxylation sites is 2. The lowest BCUT2D eigenvalue weighted by Gasteiger charge is -2.28. The molecule has 0 atom stereocenters. The van der Waals surface area contributed by atoms with Gasteiger partial charge < -0.3 is 9.32 Å². The normalized spacial score (nSPS) is 11.6. The second-order valence-electron chi connectivity index (χ2n) is 14.0. The van der Waals surface area contributed by atoms with E-state index in [0.717, 1.165) is 39.0 Å². The van der Waals surface area contributed by atoms with E-state index in [1.807, 2.05) is 23.5 Å². The number of thiophene rings is 1. The van der Waals surface area contributed by atoms with E-state index in [2.05, 4.69) is 193 Å². The molecule has 0 spiro atoms. The molecule has 0 saturated heterocycles. The number of benzene rings is 9. The van der Waals surface area contributed by atoms with E-state index >= 15 is 0 Å². The first kappa shape index (κ1) is 31.6. The Morgan fingerprint density at radius 2 is 0.964 bits per heavy atom. The average Bonchev–Trinajstić information content (AvgIpc) is 3.82. The van der Waals surface area contributed by atoms with Gasteiger partial charge in [0.1, 0.15) is 11.2 Å². The van der Waals surface area contributed by atoms with Gasteiger partial charge in [0, 0.05) is 53.9 Å². The zero-order valence-corrected chi connectivity index (χ0v) is 30.6. The molecule has 0 fully saturated rings. The molecule has 0 bridgehead atoms. The summed E-state index contributed by atoms with van der Waals surface area (Å²) in [6.07, 6.45) is 0. The van der Waals surface area contributed by atoms with Gasteiger partial charge in [0.05, 0.1) is 5.69 Å². The molecule has 2 nitrogen and oxygen atoms in total. The van der Waals surface area contributed by atoms with Gasteiger partial charge in [0.2, 0.25) is 0 Å². The summed E-state index contributed by atoms with van der Waals surface area (Å²) in [5, 5.41) is 7.32. The van der Waals surface area contributed by atoms with Crippen molar-refractivity contribution in [1.82, 2.24) is 0 Å². The molecular formula is C52H33NOS. The Bertz CT molecular complexity index is 3220. The van der Waals surface area contributed by atoms with E-state index < -0.39 is 0 Å². The second kappa shape index (κ2) is 12.9. The molecule has 0 N–H and O–H groups in total. The van der Waals surface area contributed by atoms with Crippen LogP contribution in [0, 0.1) is 0 Å². The molecule has 0 radical (unpaired) electrons. The zero-order chi connectivity index (χ0) is 36.3. The highest BCUT2D eigenvalue weighted by molar-refractivity contribution is 7.25. The minimum atomic E-state index is 0.868. The van der Waals surface area contributed by atoms with Gasteiger partial charge >= 0.3 is 0 Å². The summed E-state index contributed by atoms with van der Waals surface area (Å²) >= 11 is 1.85. The van der Waals surface area contributed by atoms with E-state index in [-0.39, 0.29) is 0 Å². The number of hydrogen-bond acceptors (Lipinski definition) is 3. The molecule has 11 rings (SSSR count). The molecule has 258 valence electrons. The van der Waals surface area contributed by atoms with Crippen LogP contribution < -0.4 is 4.90 Å². The molecule has 3 heteroatoms. The molecule has 2 aromatic heterocycles. The van der Waals surface area contributed by atoms with E-state index in [4.69, 9.17) is 4.42 Å². The Hall–Kier alpha value is -6.94. The molecule has 0 aliphatic carbocycles. The van der Waals surface area contributed by atoms with E-state index in [1.54, 1.807) is 0 Å². The Labute approximate surface area is 322 Å². The van der Waals surface area contributed by atoms with Crippen molar-refractivity contribution >= 4 is 81.3 Å². The summed E-state index contributed by atoms with van der Waals surface area (Å²) in [7, 11) is 0. The summed E-state index contributed by atoms with van der Waals surface area (Å²) in [5.74, 6) is 0. The van der Waals surface area contributed by atoms with Crippen molar-refractivity contribution in [3.8, 4) is 33.4 Å². The maximum absolute atomic E-state index is 6.46. The summed E-state index contributed by atoms with van der Waals surface area (Å²) in [4.78, 5) is 2.38. The first-order valence-corrected chi connectivity index (χ1v) is 19.5. The standard InChI is InChI=1S/C52H33NOS/c1-2-15-38-34(13-1)14-11-21-41(38)40-17-4-3-16-39(40)35-27-29-36(30-28-35)53(37-31-32-44-43-19-6-9-24-48(43)54-49(44)33-37)47-23-8-5-18-42(47)45-22-12-26-51-52(45)46-20-7-10-25-50(46)55-51/h1-33H. The van der Waals surface area contributed by atoms with Gasteiger partial charge in [0.25, 0.3) is 0 Å². The van der Waals surface area contributed by atoms with Crippen LogP contribution in [0.5, 0.6) is 0 Å². The second-order valence-corrected chi connectivity index (χ2v) is 15.1. The lowest BCUT2D eigenvalue weighted by atomic mass is 9.91. The third-order valence-electron chi connectivity index (χ3n) is 10.9. The van der Waals surface area contributed by atoms with Gasteiger partial charge in [0.15, 0.2) is 0 Å².